The minimum atomic E-state index is -4.29. The second kappa shape index (κ2) is 12.2. The van der Waals surface area contributed by atoms with Crippen molar-refractivity contribution in [2.45, 2.75) is 103 Å². The summed E-state index contributed by atoms with van der Waals surface area (Å²) in [5.74, 6) is 1.03. The molecule has 5 nitrogen and oxygen atoms in total. The SMILES string of the molecule is CCCc1ncc(C(F)(F)F)cc1CC.CO[C@H]1COCCC1N[C@H]1CC2CCCC2(C(C)=O)C1. The fraction of sp³-hybridized carbons (Fsp3) is 0.778. The standard InChI is InChI=1S/C16H27NO3.C11H14F3N/c1-11(18)16-6-3-4-12(16)8-13(9-16)17-14-5-7-20-10-15(14)19-2;1-3-5-10-8(4-2)6-9(7-15-10)11(12,13)14/h12-15,17H,3-10H2,1-2H3;6-7H,3-5H2,1-2H3/t12?,13-,14?,15-,16?;/m0./s1. The number of carbonyl (C=O) groups is 1. The maximum Gasteiger partial charge on any atom is 0.417 e. The Bertz CT molecular complexity index is 847. The maximum atomic E-state index is 12.4. The van der Waals surface area contributed by atoms with E-state index in [-0.39, 0.29) is 11.5 Å². The van der Waals surface area contributed by atoms with Gasteiger partial charge in [-0.05, 0) is 69.4 Å². The summed E-state index contributed by atoms with van der Waals surface area (Å²) in [7, 11) is 1.76. The van der Waals surface area contributed by atoms with E-state index in [1.54, 1.807) is 14.0 Å². The highest BCUT2D eigenvalue weighted by Crippen LogP contribution is 2.54. The molecule has 4 rings (SSSR count). The van der Waals surface area contributed by atoms with Gasteiger partial charge in [0.25, 0.3) is 0 Å². The number of nitrogens with zero attached hydrogens (tertiary/aromatic N) is 1. The van der Waals surface area contributed by atoms with Crippen LogP contribution in [0.25, 0.3) is 0 Å². The average Bonchev–Trinajstić information content (AvgIpc) is 3.38. The summed E-state index contributed by atoms with van der Waals surface area (Å²) in [4.78, 5) is 16.0. The predicted molar refractivity (Wildman–Crippen MR) is 129 cm³/mol. The van der Waals surface area contributed by atoms with Gasteiger partial charge in [-0.25, -0.2) is 0 Å². The first kappa shape index (κ1) is 28.1. The summed E-state index contributed by atoms with van der Waals surface area (Å²) in [5, 5.41) is 3.77. The van der Waals surface area contributed by atoms with Gasteiger partial charge in [-0.15, -0.1) is 0 Å². The summed E-state index contributed by atoms with van der Waals surface area (Å²) < 4.78 is 48.2. The molecule has 0 spiro atoms. The molecule has 2 heterocycles. The molecule has 1 N–H and O–H groups in total. The number of ether oxygens (including phenoxy) is 2. The van der Waals surface area contributed by atoms with Crippen LogP contribution < -0.4 is 5.32 Å². The third-order valence-electron chi connectivity index (χ3n) is 8.15. The van der Waals surface area contributed by atoms with E-state index in [4.69, 9.17) is 9.47 Å². The van der Waals surface area contributed by atoms with Crippen molar-refractivity contribution in [2.75, 3.05) is 20.3 Å². The number of aromatic nitrogens is 1. The van der Waals surface area contributed by atoms with Crippen molar-refractivity contribution in [3.05, 3.63) is 29.1 Å². The fourth-order valence-corrected chi connectivity index (χ4v) is 6.26. The summed E-state index contributed by atoms with van der Waals surface area (Å²) in [6.07, 6.45) is 5.77. The number of pyridine rings is 1. The van der Waals surface area contributed by atoms with Gasteiger partial charge in [0.15, 0.2) is 0 Å². The Balaban J connectivity index is 0.000000205. The molecule has 198 valence electrons. The Hall–Kier alpha value is -1.51. The number of nitrogens with one attached hydrogen (secondary N) is 1. The molecule has 0 radical (unpaired) electrons. The number of hydrogen-bond acceptors (Lipinski definition) is 5. The third kappa shape index (κ3) is 6.63. The number of fused-ring (bicyclic) bond motifs is 1. The lowest BCUT2D eigenvalue weighted by molar-refractivity contribution is -0.137. The molecule has 2 saturated carbocycles. The van der Waals surface area contributed by atoms with Gasteiger partial charge >= 0.3 is 6.18 Å². The van der Waals surface area contributed by atoms with Crippen molar-refractivity contribution in [1.82, 2.24) is 10.3 Å². The van der Waals surface area contributed by atoms with Crippen LogP contribution in [-0.4, -0.2) is 49.3 Å². The largest absolute Gasteiger partial charge is 0.417 e. The smallest absolute Gasteiger partial charge is 0.379 e. The number of carbonyl (C=O) groups excluding carboxylic acids is 1. The van der Waals surface area contributed by atoms with E-state index in [2.05, 4.69) is 10.3 Å². The summed E-state index contributed by atoms with van der Waals surface area (Å²) in [6.45, 7) is 7.12. The first-order chi connectivity index (χ1) is 16.6. The normalized spacial score (nSPS) is 30.5. The highest BCUT2D eigenvalue weighted by molar-refractivity contribution is 5.83. The molecule has 3 unspecified atom stereocenters. The predicted octanol–water partition coefficient (Wildman–Crippen LogP) is 5.53. The van der Waals surface area contributed by atoms with Crippen LogP contribution in [0.4, 0.5) is 13.2 Å². The van der Waals surface area contributed by atoms with Gasteiger partial charge in [-0.2, -0.15) is 13.2 Å². The van der Waals surface area contributed by atoms with E-state index in [1.165, 1.54) is 18.9 Å². The molecule has 1 aliphatic heterocycles. The molecule has 2 aliphatic carbocycles. The van der Waals surface area contributed by atoms with Gasteiger partial charge in [-0.3, -0.25) is 9.78 Å². The van der Waals surface area contributed by atoms with Crippen molar-refractivity contribution < 1.29 is 27.4 Å². The number of Topliss-reactive ketones (excluding diaryl/α,β-unsaturated/α-hetero) is 1. The summed E-state index contributed by atoms with van der Waals surface area (Å²) in [6, 6.07) is 2.06. The molecular weight excluding hydrogens is 457 g/mol. The highest BCUT2D eigenvalue weighted by Gasteiger charge is 2.53. The van der Waals surface area contributed by atoms with E-state index in [9.17, 15) is 18.0 Å². The van der Waals surface area contributed by atoms with Gasteiger partial charge < -0.3 is 14.8 Å². The summed E-state index contributed by atoms with van der Waals surface area (Å²) >= 11 is 0. The van der Waals surface area contributed by atoms with Crippen LogP contribution in [0.3, 0.4) is 0 Å². The first-order valence-corrected chi connectivity index (χ1v) is 13.1. The van der Waals surface area contributed by atoms with E-state index in [0.717, 1.165) is 57.0 Å². The van der Waals surface area contributed by atoms with Crippen LogP contribution in [0.5, 0.6) is 0 Å². The van der Waals surface area contributed by atoms with Crippen LogP contribution in [-0.2, 0) is 33.3 Å². The number of aryl methyl sites for hydroxylation is 2. The number of hydrogen-bond donors (Lipinski definition) is 1. The molecule has 0 amide bonds. The number of rotatable bonds is 7. The lowest BCUT2D eigenvalue weighted by atomic mass is 9.77. The van der Waals surface area contributed by atoms with Crippen molar-refractivity contribution in [2.24, 2.45) is 11.3 Å². The molecule has 5 atom stereocenters. The molecule has 8 heteroatoms. The van der Waals surface area contributed by atoms with Crippen molar-refractivity contribution in [3.8, 4) is 0 Å². The molecule has 0 bridgehead atoms. The number of ketones is 1. The van der Waals surface area contributed by atoms with Crippen molar-refractivity contribution in [3.63, 3.8) is 0 Å². The molecule has 1 aromatic rings. The lowest BCUT2D eigenvalue weighted by Gasteiger charge is -2.34. The van der Waals surface area contributed by atoms with E-state index >= 15 is 0 Å². The fourth-order valence-electron chi connectivity index (χ4n) is 6.26. The minimum absolute atomic E-state index is 0.00853. The van der Waals surface area contributed by atoms with Crippen molar-refractivity contribution >= 4 is 5.78 Å². The number of halogens is 3. The Kier molecular flexibility index (Phi) is 9.75. The summed E-state index contributed by atoms with van der Waals surface area (Å²) in [5.41, 5.74) is 0.824. The Labute approximate surface area is 207 Å². The average molecular weight is 499 g/mol. The van der Waals surface area contributed by atoms with Crippen LogP contribution in [0.2, 0.25) is 0 Å². The van der Waals surface area contributed by atoms with Gasteiger partial charge in [0, 0.05) is 43.1 Å². The van der Waals surface area contributed by atoms with E-state index in [0.29, 0.717) is 42.4 Å². The maximum absolute atomic E-state index is 12.4. The Morgan fingerprint density at radius 2 is 2.09 bits per heavy atom. The van der Waals surface area contributed by atoms with Crippen LogP contribution in [0.1, 0.15) is 82.5 Å². The zero-order valence-corrected chi connectivity index (χ0v) is 21.5. The zero-order valence-electron chi connectivity index (χ0n) is 21.5. The molecule has 1 aromatic heterocycles. The Morgan fingerprint density at radius 1 is 1.31 bits per heavy atom. The minimum Gasteiger partial charge on any atom is -0.379 e. The molecule has 1 saturated heterocycles. The van der Waals surface area contributed by atoms with Crippen LogP contribution in [0, 0.1) is 11.3 Å². The third-order valence-corrected chi connectivity index (χ3v) is 8.15. The second-order valence-corrected chi connectivity index (χ2v) is 10.3. The molecular formula is C27H41F3N2O3. The quantitative estimate of drug-likeness (QED) is 0.535. The zero-order chi connectivity index (χ0) is 25.6. The topological polar surface area (TPSA) is 60.5 Å². The van der Waals surface area contributed by atoms with Gasteiger partial charge in [0.1, 0.15) is 5.78 Å². The van der Waals surface area contributed by atoms with Crippen LogP contribution >= 0.6 is 0 Å². The van der Waals surface area contributed by atoms with Crippen LogP contribution in [0.15, 0.2) is 12.3 Å². The Morgan fingerprint density at radius 3 is 2.69 bits per heavy atom. The van der Waals surface area contributed by atoms with Gasteiger partial charge in [0.2, 0.25) is 0 Å². The first-order valence-electron chi connectivity index (χ1n) is 13.1. The number of methoxy groups -OCH3 is 1. The van der Waals surface area contributed by atoms with Crippen molar-refractivity contribution in [1.29, 1.82) is 0 Å². The molecule has 3 fully saturated rings. The number of alkyl halides is 3. The monoisotopic (exact) mass is 498 g/mol. The molecule has 35 heavy (non-hydrogen) atoms. The molecule has 3 aliphatic rings. The second-order valence-electron chi connectivity index (χ2n) is 10.3. The van der Waals surface area contributed by atoms with Gasteiger partial charge in [-0.1, -0.05) is 26.7 Å². The van der Waals surface area contributed by atoms with E-state index in [1.807, 2.05) is 13.8 Å². The van der Waals surface area contributed by atoms with E-state index < -0.39 is 11.7 Å². The highest BCUT2D eigenvalue weighted by atomic mass is 19.4. The van der Waals surface area contributed by atoms with Gasteiger partial charge in [0.05, 0.1) is 18.3 Å². The molecule has 0 aromatic carbocycles. The lowest BCUT2D eigenvalue weighted by Crippen LogP contribution is -2.50.